The fraction of sp³-hybridized carbons (Fsp3) is 0.143. The minimum absolute atomic E-state index is 0.0995. The molecule has 0 saturated heterocycles. The zero-order valence-corrected chi connectivity index (χ0v) is 16.6. The van der Waals surface area contributed by atoms with Crippen molar-refractivity contribution in [2.75, 3.05) is 7.11 Å². The lowest BCUT2D eigenvalue weighted by molar-refractivity contribution is 0.0951. The average Bonchev–Trinajstić information content (AvgIpc) is 2.68. The van der Waals surface area contributed by atoms with Crippen LogP contribution in [0.25, 0.3) is 11.1 Å². The number of pyridine rings is 1. The standard InChI is InChI=1S/C21H19IN2O2/c1-26-14-18-3-2-17(12-20(18)16-4-6-19(22)7-5-16)21(25)24-13-15-8-10-23-11-9-15/h2-12H,13-14H2,1H3,(H,24,25). The Hall–Kier alpha value is -2.25. The third-order valence-corrected chi connectivity index (χ3v) is 4.75. The number of benzene rings is 2. The zero-order chi connectivity index (χ0) is 18.4. The number of methoxy groups -OCH3 is 1. The van der Waals surface area contributed by atoms with Gasteiger partial charge in [-0.3, -0.25) is 9.78 Å². The maximum absolute atomic E-state index is 12.6. The normalized spacial score (nSPS) is 10.5. The van der Waals surface area contributed by atoms with E-state index >= 15 is 0 Å². The third-order valence-electron chi connectivity index (χ3n) is 4.03. The minimum Gasteiger partial charge on any atom is -0.380 e. The van der Waals surface area contributed by atoms with Gasteiger partial charge in [-0.25, -0.2) is 0 Å². The smallest absolute Gasteiger partial charge is 0.251 e. The summed E-state index contributed by atoms with van der Waals surface area (Å²) in [6.45, 7) is 0.972. The largest absolute Gasteiger partial charge is 0.380 e. The molecule has 0 bridgehead atoms. The van der Waals surface area contributed by atoms with E-state index in [4.69, 9.17) is 4.74 Å². The lowest BCUT2D eigenvalue weighted by atomic mass is 9.97. The van der Waals surface area contributed by atoms with Crippen molar-refractivity contribution in [3.05, 3.63) is 87.3 Å². The lowest BCUT2D eigenvalue weighted by Crippen LogP contribution is -2.22. The van der Waals surface area contributed by atoms with Crippen molar-refractivity contribution in [3.63, 3.8) is 0 Å². The molecule has 26 heavy (non-hydrogen) atoms. The van der Waals surface area contributed by atoms with Crippen molar-refractivity contribution in [2.45, 2.75) is 13.2 Å². The molecule has 0 radical (unpaired) electrons. The number of carbonyl (C=O) groups is 1. The Morgan fingerprint density at radius 3 is 2.50 bits per heavy atom. The van der Waals surface area contributed by atoms with Crippen LogP contribution in [0.5, 0.6) is 0 Å². The molecule has 0 aliphatic heterocycles. The highest BCUT2D eigenvalue weighted by atomic mass is 127. The summed E-state index contributed by atoms with van der Waals surface area (Å²) < 4.78 is 6.48. The highest BCUT2D eigenvalue weighted by molar-refractivity contribution is 14.1. The molecule has 1 heterocycles. The molecule has 132 valence electrons. The molecule has 0 aliphatic rings. The SMILES string of the molecule is COCc1ccc(C(=O)NCc2ccncc2)cc1-c1ccc(I)cc1. The monoisotopic (exact) mass is 458 g/mol. The van der Waals surface area contributed by atoms with Crippen molar-refractivity contribution in [3.8, 4) is 11.1 Å². The second-order valence-electron chi connectivity index (χ2n) is 5.85. The van der Waals surface area contributed by atoms with Crippen LogP contribution in [0.15, 0.2) is 67.0 Å². The van der Waals surface area contributed by atoms with E-state index < -0.39 is 0 Å². The van der Waals surface area contributed by atoms with E-state index in [1.54, 1.807) is 19.5 Å². The van der Waals surface area contributed by atoms with Crippen LogP contribution in [0.2, 0.25) is 0 Å². The molecule has 1 amide bonds. The van der Waals surface area contributed by atoms with Crippen LogP contribution >= 0.6 is 22.6 Å². The molecule has 0 fully saturated rings. The molecule has 0 spiro atoms. The number of nitrogens with one attached hydrogen (secondary N) is 1. The van der Waals surface area contributed by atoms with Crippen molar-refractivity contribution < 1.29 is 9.53 Å². The molecule has 0 saturated carbocycles. The molecule has 2 aromatic carbocycles. The summed E-state index contributed by atoms with van der Waals surface area (Å²) in [5, 5.41) is 2.96. The van der Waals surface area contributed by atoms with Gasteiger partial charge in [0.25, 0.3) is 5.91 Å². The average molecular weight is 458 g/mol. The van der Waals surface area contributed by atoms with Gasteiger partial charge in [0.15, 0.2) is 0 Å². The van der Waals surface area contributed by atoms with Gasteiger partial charge in [-0.15, -0.1) is 0 Å². The van der Waals surface area contributed by atoms with Gasteiger partial charge in [0, 0.05) is 35.2 Å². The van der Waals surface area contributed by atoms with Gasteiger partial charge in [0.2, 0.25) is 0 Å². The molecule has 3 aromatic rings. The number of rotatable bonds is 6. The van der Waals surface area contributed by atoms with Crippen molar-refractivity contribution in [1.82, 2.24) is 10.3 Å². The first kappa shape index (κ1) is 18.5. The van der Waals surface area contributed by atoms with Crippen LogP contribution in [0.1, 0.15) is 21.5 Å². The highest BCUT2D eigenvalue weighted by Gasteiger charge is 2.11. The van der Waals surface area contributed by atoms with Crippen LogP contribution < -0.4 is 5.32 Å². The van der Waals surface area contributed by atoms with Gasteiger partial charge >= 0.3 is 0 Å². The molecule has 1 N–H and O–H groups in total. The van der Waals surface area contributed by atoms with Gasteiger partial charge < -0.3 is 10.1 Å². The number of hydrogen-bond donors (Lipinski definition) is 1. The van der Waals surface area contributed by atoms with E-state index in [-0.39, 0.29) is 5.91 Å². The predicted octanol–water partition coefficient (Wildman–Crippen LogP) is 4.43. The molecule has 0 aliphatic carbocycles. The summed E-state index contributed by atoms with van der Waals surface area (Å²) in [7, 11) is 1.67. The number of hydrogen-bond acceptors (Lipinski definition) is 3. The molecule has 1 aromatic heterocycles. The van der Waals surface area contributed by atoms with E-state index in [0.29, 0.717) is 18.7 Å². The van der Waals surface area contributed by atoms with E-state index in [1.807, 2.05) is 30.3 Å². The van der Waals surface area contributed by atoms with E-state index in [9.17, 15) is 4.79 Å². The second-order valence-corrected chi connectivity index (χ2v) is 7.10. The summed E-state index contributed by atoms with van der Waals surface area (Å²) in [5.74, 6) is -0.0995. The van der Waals surface area contributed by atoms with Crippen molar-refractivity contribution in [1.29, 1.82) is 0 Å². The Bertz CT molecular complexity index is 880. The Morgan fingerprint density at radius 1 is 1.08 bits per heavy atom. The molecule has 0 atom stereocenters. The summed E-state index contributed by atoms with van der Waals surface area (Å²) in [6.07, 6.45) is 3.44. The predicted molar refractivity (Wildman–Crippen MR) is 111 cm³/mol. The molecular weight excluding hydrogens is 439 g/mol. The van der Waals surface area contributed by atoms with E-state index in [1.165, 1.54) is 3.57 Å². The molecule has 4 nitrogen and oxygen atoms in total. The zero-order valence-electron chi connectivity index (χ0n) is 14.4. The van der Waals surface area contributed by atoms with Crippen LogP contribution in [-0.4, -0.2) is 18.0 Å². The third kappa shape index (κ3) is 4.68. The van der Waals surface area contributed by atoms with Gasteiger partial charge in [0.1, 0.15) is 0 Å². The van der Waals surface area contributed by atoms with Crippen LogP contribution in [0.4, 0.5) is 0 Å². The Balaban J connectivity index is 1.84. The lowest BCUT2D eigenvalue weighted by Gasteiger charge is -2.12. The van der Waals surface area contributed by atoms with E-state index in [0.717, 1.165) is 22.3 Å². The van der Waals surface area contributed by atoms with E-state index in [2.05, 4.69) is 57.2 Å². The molecule has 5 heteroatoms. The number of aromatic nitrogens is 1. The fourth-order valence-electron chi connectivity index (χ4n) is 2.68. The number of carbonyl (C=O) groups excluding carboxylic acids is 1. The first-order chi connectivity index (χ1) is 12.7. The van der Waals surface area contributed by atoms with Gasteiger partial charge in [-0.05, 0) is 81.2 Å². The molecular formula is C21H19IN2O2. The highest BCUT2D eigenvalue weighted by Crippen LogP contribution is 2.26. The Labute approximate surface area is 166 Å². The van der Waals surface area contributed by atoms with Gasteiger partial charge in [0.05, 0.1) is 6.61 Å². The molecule has 0 unspecified atom stereocenters. The maximum Gasteiger partial charge on any atom is 0.251 e. The number of amides is 1. The van der Waals surface area contributed by atoms with Crippen molar-refractivity contribution >= 4 is 28.5 Å². The number of halogens is 1. The van der Waals surface area contributed by atoms with Crippen LogP contribution in [0.3, 0.4) is 0 Å². The Morgan fingerprint density at radius 2 is 1.81 bits per heavy atom. The summed E-state index contributed by atoms with van der Waals surface area (Å²) >= 11 is 2.28. The van der Waals surface area contributed by atoms with Crippen molar-refractivity contribution in [2.24, 2.45) is 0 Å². The maximum atomic E-state index is 12.6. The van der Waals surface area contributed by atoms with Crippen LogP contribution in [0, 0.1) is 3.57 Å². The summed E-state index contributed by atoms with van der Waals surface area (Å²) in [5.41, 5.74) is 4.79. The first-order valence-corrected chi connectivity index (χ1v) is 9.30. The second kappa shape index (κ2) is 8.91. The fourth-order valence-corrected chi connectivity index (χ4v) is 3.04. The molecule has 3 rings (SSSR count). The summed E-state index contributed by atoms with van der Waals surface area (Å²) in [6, 6.07) is 17.7. The topological polar surface area (TPSA) is 51.2 Å². The van der Waals surface area contributed by atoms with Crippen LogP contribution in [-0.2, 0) is 17.9 Å². The first-order valence-electron chi connectivity index (χ1n) is 8.22. The van der Waals surface area contributed by atoms with Gasteiger partial charge in [-0.2, -0.15) is 0 Å². The Kier molecular flexibility index (Phi) is 6.35. The summed E-state index contributed by atoms with van der Waals surface area (Å²) in [4.78, 5) is 16.5. The number of nitrogens with zero attached hydrogens (tertiary/aromatic N) is 1. The minimum atomic E-state index is -0.0995. The quantitative estimate of drug-likeness (QED) is 0.557. The van der Waals surface area contributed by atoms with Gasteiger partial charge in [-0.1, -0.05) is 18.2 Å². The number of ether oxygens (including phenoxy) is 1.